The molecule has 0 aliphatic rings. The summed E-state index contributed by atoms with van der Waals surface area (Å²) in [7, 11) is 0. The van der Waals surface area contributed by atoms with Gasteiger partial charge in [-0.15, -0.1) is 0 Å². The summed E-state index contributed by atoms with van der Waals surface area (Å²) in [6.45, 7) is 6.23. The Morgan fingerprint density at radius 3 is 2.42 bits per heavy atom. The van der Waals surface area contributed by atoms with Crippen LogP contribution in [0.15, 0.2) is 24.3 Å². The molecule has 2 atom stereocenters. The van der Waals surface area contributed by atoms with Crippen molar-refractivity contribution >= 4 is 5.91 Å². The van der Waals surface area contributed by atoms with Crippen molar-refractivity contribution in [3.05, 3.63) is 35.4 Å². The molecule has 1 rings (SSSR count). The van der Waals surface area contributed by atoms with Crippen LogP contribution in [0, 0.1) is 6.92 Å². The standard InChI is InChI=1S/C16H26N2O/c1-4-6-7-14(17)16(19)18-15(5-2)13-10-8-12(3)9-11-13/h8-11,14-15H,4-7,17H2,1-3H3,(H,18,19). The normalized spacial score (nSPS) is 13.9. The summed E-state index contributed by atoms with van der Waals surface area (Å²) in [4.78, 5) is 12.0. The molecule has 0 saturated heterocycles. The number of hydrogen-bond acceptors (Lipinski definition) is 2. The Hall–Kier alpha value is -1.35. The number of nitrogens with two attached hydrogens (primary N) is 1. The lowest BCUT2D eigenvalue weighted by molar-refractivity contribution is -0.123. The van der Waals surface area contributed by atoms with Crippen molar-refractivity contribution in [1.29, 1.82) is 0 Å². The van der Waals surface area contributed by atoms with Gasteiger partial charge in [-0.25, -0.2) is 0 Å². The second-order valence-electron chi connectivity index (χ2n) is 5.13. The zero-order valence-electron chi connectivity index (χ0n) is 12.3. The van der Waals surface area contributed by atoms with E-state index in [2.05, 4.69) is 50.4 Å². The highest BCUT2D eigenvalue weighted by Crippen LogP contribution is 2.17. The van der Waals surface area contributed by atoms with E-state index in [0.717, 1.165) is 31.2 Å². The Morgan fingerprint density at radius 1 is 1.26 bits per heavy atom. The van der Waals surface area contributed by atoms with Gasteiger partial charge in [0.05, 0.1) is 12.1 Å². The van der Waals surface area contributed by atoms with Crippen LogP contribution in [0.3, 0.4) is 0 Å². The van der Waals surface area contributed by atoms with Gasteiger partial charge < -0.3 is 11.1 Å². The first-order valence-corrected chi connectivity index (χ1v) is 7.21. The highest BCUT2D eigenvalue weighted by Gasteiger charge is 2.17. The van der Waals surface area contributed by atoms with Gasteiger partial charge in [-0.3, -0.25) is 4.79 Å². The van der Waals surface area contributed by atoms with Gasteiger partial charge >= 0.3 is 0 Å². The van der Waals surface area contributed by atoms with Crippen molar-refractivity contribution in [2.45, 2.75) is 58.5 Å². The van der Waals surface area contributed by atoms with Crippen molar-refractivity contribution in [3.63, 3.8) is 0 Å². The van der Waals surface area contributed by atoms with Crippen LogP contribution in [-0.2, 0) is 4.79 Å². The van der Waals surface area contributed by atoms with E-state index in [0.29, 0.717) is 0 Å². The zero-order valence-corrected chi connectivity index (χ0v) is 12.3. The Bertz CT molecular complexity index is 386. The van der Waals surface area contributed by atoms with E-state index in [1.165, 1.54) is 5.56 Å². The van der Waals surface area contributed by atoms with E-state index in [4.69, 9.17) is 5.73 Å². The second-order valence-corrected chi connectivity index (χ2v) is 5.13. The van der Waals surface area contributed by atoms with Crippen molar-refractivity contribution in [3.8, 4) is 0 Å². The number of carbonyl (C=O) groups is 1. The van der Waals surface area contributed by atoms with Crippen molar-refractivity contribution < 1.29 is 4.79 Å². The number of carbonyl (C=O) groups excluding carboxylic acids is 1. The fourth-order valence-corrected chi connectivity index (χ4v) is 2.05. The van der Waals surface area contributed by atoms with Gasteiger partial charge in [0.2, 0.25) is 5.91 Å². The number of aryl methyl sites for hydroxylation is 1. The van der Waals surface area contributed by atoms with Gasteiger partial charge in [0.25, 0.3) is 0 Å². The van der Waals surface area contributed by atoms with Gasteiger partial charge in [0.1, 0.15) is 0 Å². The summed E-state index contributed by atoms with van der Waals surface area (Å²) in [5.74, 6) is -0.0409. The Balaban J connectivity index is 2.61. The quantitative estimate of drug-likeness (QED) is 0.793. The molecule has 0 radical (unpaired) electrons. The molecule has 3 N–H and O–H groups in total. The molecule has 0 spiro atoms. The van der Waals surface area contributed by atoms with Crippen LogP contribution in [0.1, 0.15) is 56.7 Å². The first kappa shape index (κ1) is 15.7. The molecule has 1 aromatic carbocycles. The van der Waals surface area contributed by atoms with Crippen molar-refractivity contribution in [1.82, 2.24) is 5.32 Å². The molecule has 3 nitrogen and oxygen atoms in total. The molecule has 0 aliphatic heterocycles. The molecule has 0 bridgehead atoms. The lowest BCUT2D eigenvalue weighted by Crippen LogP contribution is -2.42. The predicted molar refractivity (Wildman–Crippen MR) is 79.9 cm³/mol. The summed E-state index contributed by atoms with van der Waals surface area (Å²) >= 11 is 0. The molecule has 0 saturated carbocycles. The maximum absolute atomic E-state index is 12.0. The molecule has 2 unspecified atom stereocenters. The summed E-state index contributed by atoms with van der Waals surface area (Å²) in [6.07, 6.45) is 3.69. The van der Waals surface area contributed by atoms with E-state index in [9.17, 15) is 4.79 Å². The van der Waals surface area contributed by atoms with Crippen LogP contribution < -0.4 is 11.1 Å². The van der Waals surface area contributed by atoms with Crippen LogP contribution in [-0.4, -0.2) is 11.9 Å². The van der Waals surface area contributed by atoms with Crippen LogP contribution in [0.5, 0.6) is 0 Å². The summed E-state index contributed by atoms with van der Waals surface area (Å²) in [6, 6.07) is 7.95. The predicted octanol–water partition coefficient (Wildman–Crippen LogP) is 3.08. The fraction of sp³-hybridized carbons (Fsp3) is 0.562. The zero-order chi connectivity index (χ0) is 14.3. The average Bonchev–Trinajstić information content (AvgIpc) is 2.42. The Labute approximate surface area is 116 Å². The molecular formula is C16H26N2O. The molecular weight excluding hydrogens is 236 g/mol. The lowest BCUT2D eigenvalue weighted by atomic mass is 10.0. The smallest absolute Gasteiger partial charge is 0.237 e. The van der Waals surface area contributed by atoms with E-state index < -0.39 is 0 Å². The van der Waals surface area contributed by atoms with Gasteiger partial charge in [-0.2, -0.15) is 0 Å². The first-order valence-electron chi connectivity index (χ1n) is 7.21. The Kier molecular flexibility index (Phi) is 6.57. The molecule has 106 valence electrons. The third-order valence-corrected chi connectivity index (χ3v) is 3.41. The number of amides is 1. The van der Waals surface area contributed by atoms with E-state index in [1.54, 1.807) is 0 Å². The second kappa shape index (κ2) is 7.95. The number of rotatable bonds is 7. The van der Waals surface area contributed by atoms with Crippen LogP contribution in [0.25, 0.3) is 0 Å². The molecule has 3 heteroatoms. The van der Waals surface area contributed by atoms with E-state index in [1.807, 2.05) is 0 Å². The number of hydrogen-bond donors (Lipinski definition) is 2. The Morgan fingerprint density at radius 2 is 1.89 bits per heavy atom. The van der Waals surface area contributed by atoms with Crippen molar-refractivity contribution in [2.24, 2.45) is 5.73 Å². The maximum Gasteiger partial charge on any atom is 0.237 e. The average molecular weight is 262 g/mol. The van der Waals surface area contributed by atoms with Gasteiger partial charge in [0, 0.05) is 0 Å². The van der Waals surface area contributed by atoms with Crippen LogP contribution in [0.4, 0.5) is 0 Å². The molecule has 0 fully saturated rings. The molecule has 0 aliphatic carbocycles. The SMILES string of the molecule is CCCCC(N)C(=O)NC(CC)c1ccc(C)cc1. The van der Waals surface area contributed by atoms with E-state index >= 15 is 0 Å². The van der Waals surface area contributed by atoms with Gasteiger partial charge in [-0.05, 0) is 25.3 Å². The number of benzene rings is 1. The summed E-state index contributed by atoms with van der Waals surface area (Å²) < 4.78 is 0. The highest BCUT2D eigenvalue weighted by atomic mass is 16.2. The minimum Gasteiger partial charge on any atom is -0.348 e. The molecule has 0 aromatic heterocycles. The number of nitrogens with one attached hydrogen (secondary N) is 1. The summed E-state index contributed by atoms with van der Waals surface area (Å²) in [5, 5.41) is 3.05. The lowest BCUT2D eigenvalue weighted by Gasteiger charge is -2.20. The van der Waals surface area contributed by atoms with Crippen LogP contribution in [0.2, 0.25) is 0 Å². The fourth-order valence-electron chi connectivity index (χ4n) is 2.05. The first-order chi connectivity index (χ1) is 9.08. The largest absolute Gasteiger partial charge is 0.348 e. The van der Waals surface area contributed by atoms with Crippen molar-refractivity contribution in [2.75, 3.05) is 0 Å². The minimum absolute atomic E-state index is 0.0409. The van der Waals surface area contributed by atoms with Gasteiger partial charge in [-0.1, -0.05) is 56.5 Å². The van der Waals surface area contributed by atoms with E-state index in [-0.39, 0.29) is 18.0 Å². The summed E-state index contributed by atoms with van der Waals surface area (Å²) in [5.41, 5.74) is 8.27. The topological polar surface area (TPSA) is 55.1 Å². The molecule has 1 amide bonds. The number of unbranched alkanes of at least 4 members (excludes halogenated alkanes) is 1. The maximum atomic E-state index is 12.0. The molecule has 19 heavy (non-hydrogen) atoms. The van der Waals surface area contributed by atoms with Crippen LogP contribution >= 0.6 is 0 Å². The van der Waals surface area contributed by atoms with Gasteiger partial charge in [0.15, 0.2) is 0 Å². The molecule has 1 aromatic rings. The third kappa shape index (κ3) is 5.03. The minimum atomic E-state index is -0.389. The highest BCUT2D eigenvalue weighted by molar-refractivity contribution is 5.81. The third-order valence-electron chi connectivity index (χ3n) is 3.41. The monoisotopic (exact) mass is 262 g/mol. The molecule has 0 heterocycles.